The Hall–Kier alpha value is -0.400. The van der Waals surface area contributed by atoms with Crippen LogP contribution in [0.5, 0.6) is 0 Å². The van der Waals surface area contributed by atoms with E-state index in [0.29, 0.717) is 0 Å². The van der Waals surface area contributed by atoms with E-state index in [2.05, 4.69) is 30.6 Å². The van der Waals surface area contributed by atoms with Gasteiger partial charge in [0, 0.05) is 9.49 Å². The van der Waals surface area contributed by atoms with E-state index in [1.54, 1.807) is 27.7 Å². The van der Waals surface area contributed by atoms with E-state index in [1.165, 1.54) is 0 Å². The summed E-state index contributed by atoms with van der Waals surface area (Å²) in [5.74, 6) is -1.71. The van der Waals surface area contributed by atoms with Crippen LogP contribution in [0, 0.1) is 0 Å². The summed E-state index contributed by atoms with van der Waals surface area (Å²) in [6, 6.07) is -2.01. The van der Waals surface area contributed by atoms with Gasteiger partial charge in [-0.3, -0.25) is 4.79 Å². The molecule has 0 saturated heterocycles. The first-order valence-corrected chi connectivity index (χ1v) is 6.00. The molecule has 0 aromatic heterocycles. The molecule has 1 amide bonds. The number of thiol groups is 2. The normalized spacial score (nSPS) is 16.2. The molecule has 17 heavy (non-hydrogen) atoms. The fraction of sp³-hybridized carbons (Fsp3) is 0.800. The number of hydrogen-bond acceptors (Lipinski definition) is 5. The van der Waals surface area contributed by atoms with E-state index in [0.717, 1.165) is 0 Å². The zero-order valence-electron chi connectivity index (χ0n) is 10.4. The summed E-state index contributed by atoms with van der Waals surface area (Å²) in [6.45, 7) is 6.57. The smallest absolute Gasteiger partial charge is 0.327 e. The van der Waals surface area contributed by atoms with Gasteiger partial charge >= 0.3 is 5.97 Å². The molecule has 0 rings (SSSR count). The largest absolute Gasteiger partial charge is 0.480 e. The summed E-state index contributed by atoms with van der Waals surface area (Å²) < 4.78 is -1.62. The molecule has 0 spiro atoms. The molecule has 0 aliphatic heterocycles. The summed E-state index contributed by atoms with van der Waals surface area (Å²) >= 11 is 8.33. The zero-order valence-corrected chi connectivity index (χ0v) is 12.2. The Kier molecular flexibility index (Phi) is 5.37. The van der Waals surface area contributed by atoms with Gasteiger partial charge in [-0.2, -0.15) is 25.3 Å². The van der Waals surface area contributed by atoms with Crippen molar-refractivity contribution >= 4 is 37.1 Å². The molecule has 0 heterocycles. The van der Waals surface area contributed by atoms with Gasteiger partial charge in [0.25, 0.3) is 0 Å². The molecule has 0 radical (unpaired) electrons. The minimum absolute atomic E-state index is 0.556. The number of carboxylic acids is 1. The van der Waals surface area contributed by atoms with E-state index in [1.807, 2.05) is 0 Å². The quantitative estimate of drug-likeness (QED) is 0.468. The molecule has 0 aliphatic carbocycles. The molecule has 7 heteroatoms. The molecule has 4 N–H and O–H groups in total. The van der Waals surface area contributed by atoms with Crippen molar-refractivity contribution in [1.29, 1.82) is 0 Å². The lowest BCUT2D eigenvalue weighted by Crippen LogP contribution is -2.58. The Labute approximate surface area is 112 Å². The third-order valence-electron chi connectivity index (χ3n) is 2.28. The molecule has 2 atom stereocenters. The Morgan fingerprint density at radius 2 is 1.59 bits per heavy atom. The van der Waals surface area contributed by atoms with Crippen LogP contribution < -0.4 is 11.1 Å². The Balaban J connectivity index is 4.82. The lowest BCUT2D eigenvalue weighted by atomic mass is 10.00. The SMILES string of the molecule is CC(C)(S)[C@H](N)C(=O)N[C@H](C(=O)O)C(C)(C)S. The molecular formula is C10H20N2O3S2. The van der Waals surface area contributed by atoms with Crippen LogP contribution in [0.3, 0.4) is 0 Å². The number of nitrogens with two attached hydrogens (primary N) is 1. The van der Waals surface area contributed by atoms with Crippen LogP contribution in [0.2, 0.25) is 0 Å². The van der Waals surface area contributed by atoms with Crippen molar-refractivity contribution < 1.29 is 14.7 Å². The van der Waals surface area contributed by atoms with Crippen LogP contribution in [-0.4, -0.2) is 38.6 Å². The van der Waals surface area contributed by atoms with Crippen LogP contribution in [0.4, 0.5) is 0 Å². The molecule has 0 aromatic carbocycles. The second kappa shape index (κ2) is 5.49. The summed E-state index contributed by atoms with van der Waals surface area (Å²) in [4.78, 5) is 22.8. The predicted molar refractivity (Wildman–Crippen MR) is 73.7 cm³/mol. The fourth-order valence-electron chi connectivity index (χ4n) is 1.09. The highest BCUT2D eigenvalue weighted by atomic mass is 32.1. The van der Waals surface area contributed by atoms with Gasteiger partial charge in [0.2, 0.25) is 5.91 Å². The summed E-state index contributed by atoms with van der Waals surface area (Å²) in [5.41, 5.74) is 5.68. The average Bonchev–Trinajstić information content (AvgIpc) is 2.08. The van der Waals surface area contributed by atoms with Crippen molar-refractivity contribution in [2.75, 3.05) is 0 Å². The van der Waals surface area contributed by atoms with Crippen LogP contribution >= 0.6 is 25.3 Å². The minimum Gasteiger partial charge on any atom is -0.480 e. The maximum Gasteiger partial charge on any atom is 0.327 e. The molecule has 100 valence electrons. The Bertz CT molecular complexity index is 308. The van der Waals surface area contributed by atoms with E-state index in [9.17, 15) is 9.59 Å². The molecule has 5 nitrogen and oxygen atoms in total. The Morgan fingerprint density at radius 3 is 1.82 bits per heavy atom. The van der Waals surface area contributed by atoms with Gasteiger partial charge in [-0.15, -0.1) is 0 Å². The summed E-state index contributed by atoms with van der Waals surface area (Å²) in [6.07, 6.45) is 0. The average molecular weight is 280 g/mol. The number of amides is 1. The lowest BCUT2D eigenvalue weighted by Gasteiger charge is -2.31. The van der Waals surface area contributed by atoms with Gasteiger partial charge in [-0.1, -0.05) is 0 Å². The van der Waals surface area contributed by atoms with Crippen LogP contribution in [0.15, 0.2) is 0 Å². The lowest BCUT2D eigenvalue weighted by molar-refractivity contribution is -0.142. The van der Waals surface area contributed by atoms with Gasteiger partial charge < -0.3 is 16.2 Å². The van der Waals surface area contributed by atoms with Crippen molar-refractivity contribution in [2.24, 2.45) is 5.73 Å². The van der Waals surface area contributed by atoms with Crippen molar-refractivity contribution in [3.8, 4) is 0 Å². The molecular weight excluding hydrogens is 260 g/mol. The van der Waals surface area contributed by atoms with E-state index in [4.69, 9.17) is 10.8 Å². The number of carboxylic acid groups (broad SMARTS) is 1. The molecule has 0 unspecified atom stereocenters. The number of rotatable bonds is 5. The second-order valence-corrected chi connectivity index (χ2v) is 7.37. The van der Waals surface area contributed by atoms with Gasteiger partial charge in [0.05, 0.1) is 6.04 Å². The van der Waals surface area contributed by atoms with Crippen LogP contribution in [-0.2, 0) is 9.59 Å². The molecule has 0 saturated carbocycles. The summed E-state index contributed by atoms with van der Waals surface area (Å²) in [5, 5.41) is 11.4. The zero-order chi connectivity index (χ0) is 14.0. The van der Waals surface area contributed by atoms with Gasteiger partial charge in [0.1, 0.15) is 6.04 Å². The molecule has 0 aliphatic rings. The molecule has 0 fully saturated rings. The number of aliphatic carboxylic acids is 1. The second-order valence-electron chi connectivity index (χ2n) is 5.06. The number of carbonyl (C=O) groups excluding carboxylic acids is 1. The fourth-order valence-corrected chi connectivity index (χ4v) is 1.39. The number of carbonyl (C=O) groups is 2. The molecule has 0 bridgehead atoms. The van der Waals surface area contributed by atoms with Crippen LogP contribution in [0.25, 0.3) is 0 Å². The first-order valence-electron chi connectivity index (χ1n) is 5.11. The third kappa shape index (κ3) is 5.18. The summed E-state index contributed by atoms with van der Waals surface area (Å²) in [7, 11) is 0. The van der Waals surface area contributed by atoms with Crippen molar-refractivity contribution in [3.63, 3.8) is 0 Å². The minimum atomic E-state index is -1.15. The van der Waals surface area contributed by atoms with E-state index in [-0.39, 0.29) is 0 Å². The standard InChI is InChI=1S/C10H20N2O3S2/c1-9(2,16)5(11)7(13)12-6(8(14)15)10(3,4)17/h5-6,16-17H,11H2,1-4H3,(H,12,13)(H,14,15)/t5-,6-/m1/s1. The van der Waals surface area contributed by atoms with Crippen molar-refractivity contribution in [3.05, 3.63) is 0 Å². The van der Waals surface area contributed by atoms with E-state index >= 15 is 0 Å². The van der Waals surface area contributed by atoms with Crippen molar-refractivity contribution in [1.82, 2.24) is 5.32 Å². The highest BCUT2D eigenvalue weighted by molar-refractivity contribution is 7.82. The topological polar surface area (TPSA) is 92.4 Å². The first-order chi connectivity index (χ1) is 7.37. The van der Waals surface area contributed by atoms with Gasteiger partial charge in [-0.05, 0) is 27.7 Å². The van der Waals surface area contributed by atoms with E-state index < -0.39 is 33.5 Å². The van der Waals surface area contributed by atoms with Gasteiger partial charge in [0.15, 0.2) is 0 Å². The Morgan fingerprint density at radius 1 is 1.18 bits per heavy atom. The highest BCUT2D eigenvalue weighted by Crippen LogP contribution is 2.20. The number of nitrogens with one attached hydrogen (secondary N) is 1. The van der Waals surface area contributed by atoms with Crippen LogP contribution in [0.1, 0.15) is 27.7 Å². The highest BCUT2D eigenvalue weighted by Gasteiger charge is 2.37. The maximum absolute atomic E-state index is 11.8. The third-order valence-corrected chi connectivity index (χ3v) is 2.82. The maximum atomic E-state index is 11.8. The van der Waals surface area contributed by atoms with Crippen molar-refractivity contribution in [2.45, 2.75) is 49.3 Å². The predicted octanol–water partition coefficient (Wildman–Crippen LogP) is 0.300. The number of hydrogen-bond donors (Lipinski definition) is 5. The molecule has 0 aromatic rings. The van der Waals surface area contributed by atoms with Gasteiger partial charge in [-0.25, -0.2) is 4.79 Å². The first kappa shape index (κ1) is 16.6. The monoisotopic (exact) mass is 280 g/mol.